The van der Waals surface area contributed by atoms with Crippen LogP contribution in [0.3, 0.4) is 0 Å². The lowest BCUT2D eigenvalue weighted by atomic mass is 10.0. The van der Waals surface area contributed by atoms with Crippen LogP contribution in [0.4, 0.5) is 0 Å². The number of carbonyl (C=O) groups excluding carboxylic acids is 2. The molecule has 2 aromatic rings. The van der Waals surface area contributed by atoms with Crippen molar-refractivity contribution in [1.82, 2.24) is 10.2 Å². The van der Waals surface area contributed by atoms with Crippen LogP contribution in [0.5, 0.6) is 0 Å². The molecule has 1 N–H and O–H groups in total. The lowest BCUT2D eigenvalue weighted by Crippen LogP contribution is -2.49. The molecule has 2 rings (SSSR count). The van der Waals surface area contributed by atoms with Crippen LogP contribution in [0.25, 0.3) is 0 Å². The normalized spacial score (nSPS) is 12.9. The van der Waals surface area contributed by atoms with Crippen molar-refractivity contribution in [3.63, 3.8) is 0 Å². The summed E-state index contributed by atoms with van der Waals surface area (Å²) in [7, 11) is 0. The highest BCUT2D eigenvalue weighted by Crippen LogP contribution is 2.24. The Morgan fingerprint density at radius 2 is 1.76 bits per heavy atom. The van der Waals surface area contributed by atoms with E-state index in [1.165, 1.54) is 0 Å². The van der Waals surface area contributed by atoms with Crippen molar-refractivity contribution in [3.05, 3.63) is 69.2 Å². The molecule has 2 amide bonds. The fraction of sp³-hybridized carbons (Fsp3) is 0.391. The Labute approximate surface area is 183 Å². The lowest BCUT2D eigenvalue weighted by molar-refractivity contribution is -0.140. The second-order valence-electron chi connectivity index (χ2n) is 7.37. The third kappa shape index (κ3) is 6.48. The van der Waals surface area contributed by atoms with E-state index in [2.05, 4.69) is 5.32 Å². The molecule has 2 aromatic carbocycles. The highest BCUT2D eigenvalue weighted by molar-refractivity contribution is 6.42. The van der Waals surface area contributed by atoms with Gasteiger partial charge >= 0.3 is 0 Å². The third-order valence-electron chi connectivity index (χ3n) is 5.11. The van der Waals surface area contributed by atoms with Gasteiger partial charge in [0.05, 0.1) is 16.5 Å². The highest BCUT2D eigenvalue weighted by Gasteiger charge is 2.27. The summed E-state index contributed by atoms with van der Waals surface area (Å²) >= 11 is 12.2. The van der Waals surface area contributed by atoms with E-state index in [0.717, 1.165) is 23.1 Å². The van der Waals surface area contributed by atoms with Crippen molar-refractivity contribution >= 4 is 35.0 Å². The van der Waals surface area contributed by atoms with E-state index in [0.29, 0.717) is 10.0 Å². The van der Waals surface area contributed by atoms with Crippen LogP contribution in [0.2, 0.25) is 10.0 Å². The number of amides is 2. The van der Waals surface area contributed by atoms with Crippen LogP contribution in [0.1, 0.15) is 43.9 Å². The first-order valence-corrected chi connectivity index (χ1v) is 10.6. The van der Waals surface area contributed by atoms with Crippen molar-refractivity contribution in [2.45, 2.75) is 59.2 Å². The fourth-order valence-electron chi connectivity index (χ4n) is 2.96. The molecule has 0 aliphatic heterocycles. The Morgan fingerprint density at radius 3 is 2.38 bits per heavy atom. The van der Waals surface area contributed by atoms with Crippen LogP contribution in [-0.4, -0.2) is 28.8 Å². The molecule has 4 nitrogen and oxygen atoms in total. The van der Waals surface area contributed by atoms with Gasteiger partial charge in [0.1, 0.15) is 6.04 Å². The summed E-state index contributed by atoms with van der Waals surface area (Å²) in [5, 5.41) is 3.84. The Hall–Kier alpha value is -2.04. The Bertz CT molecular complexity index is 870. The molecule has 2 atom stereocenters. The number of halogens is 2. The molecule has 0 bridgehead atoms. The number of rotatable bonds is 8. The van der Waals surface area contributed by atoms with Crippen molar-refractivity contribution < 1.29 is 9.59 Å². The fourth-order valence-corrected chi connectivity index (χ4v) is 3.28. The van der Waals surface area contributed by atoms with E-state index in [1.807, 2.05) is 51.1 Å². The predicted molar refractivity (Wildman–Crippen MR) is 119 cm³/mol. The first-order chi connectivity index (χ1) is 13.7. The van der Waals surface area contributed by atoms with Gasteiger partial charge < -0.3 is 10.2 Å². The number of carbonyl (C=O) groups is 2. The average molecular weight is 435 g/mol. The van der Waals surface area contributed by atoms with Crippen LogP contribution >= 0.6 is 23.2 Å². The minimum Gasteiger partial charge on any atom is -0.352 e. The molecule has 0 aromatic heterocycles. The predicted octanol–water partition coefficient (Wildman–Crippen LogP) is 5.18. The number of hydrogen-bond acceptors (Lipinski definition) is 2. The maximum absolute atomic E-state index is 13.2. The summed E-state index contributed by atoms with van der Waals surface area (Å²) in [5.41, 5.74) is 2.82. The van der Waals surface area contributed by atoms with Gasteiger partial charge in [-0.05, 0) is 56.0 Å². The topological polar surface area (TPSA) is 49.4 Å². The van der Waals surface area contributed by atoms with Gasteiger partial charge in [-0.1, -0.05) is 60.5 Å². The molecule has 0 heterocycles. The van der Waals surface area contributed by atoms with E-state index in [4.69, 9.17) is 23.2 Å². The first kappa shape index (κ1) is 23.2. The minimum absolute atomic E-state index is 0.0447. The van der Waals surface area contributed by atoms with Gasteiger partial charge in [-0.3, -0.25) is 9.59 Å². The quantitative estimate of drug-likeness (QED) is 0.622. The van der Waals surface area contributed by atoms with Gasteiger partial charge in [-0.15, -0.1) is 0 Å². The van der Waals surface area contributed by atoms with Crippen LogP contribution < -0.4 is 5.32 Å². The molecule has 0 spiro atoms. The highest BCUT2D eigenvalue weighted by atomic mass is 35.5. The van der Waals surface area contributed by atoms with Gasteiger partial charge in [0, 0.05) is 12.6 Å². The second-order valence-corrected chi connectivity index (χ2v) is 8.18. The first-order valence-electron chi connectivity index (χ1n) is 9.81. The van der Waals surface area contributed by atoms with Crippen molar-refractivity contribution in [2.75, 3.05) is 0 Å². The van der Waals surface area contributed by atoms with Gasteiger partial charge in [-0.25, -0.2) is 0 Å². The van der Waals surface area contributed by atoms with E-state index in [-0.39, 0.29) is 30.8 Å². The molecule has 156 valence electrons. The standard InChI is InChI=1S/C23H28Cl2N2O2/c1-5-16(3)26-23(29)17(4)27(14-18-10-11-20(24)21(25)12-18)22(28)13-19-9-7-6-8-15(19)2/h6-12,16-17H,5,13-14H2,1-4H3,(H,26,29)/t16-,17-/m1/s1. The average Bonchev–Trinajstić information content (AvgIpc) is 2.69. The van der Waals surface area contributed by atoms with E-state index >= 15 is 0 Å². The summed E-state index contributed by atoms with van der Waals surface area (Å²) in [5.74, 6) is -0.283. The number of hydrogen-bond donors (Lipinski definition) is 1. The molecular weight excluding hydrogens is 407 g/mol. The summed E-state index contributed by atoms with van der Waals surface area (Å²) < 4.78 is 0. The zero-order valence-electron chi connectivity index (χ0n) is 17.3. The van der Waals surface area contributed by atoms with Gasteiger partial charge in [-0.2, -0.15) is 0 Å². The zero-order chi connectivity index (χ0) is 21.6. The lowest BCUT2D eigenvalue weighted by Gasteiger charge is -2.30. The van der Waals surface area contributed by atoms with Crippen molar-refractivity contribution in [1.29, 1.82) is 0 Å². The summed E-state index contributed by atoms with van der Waals surface area (Å²) in [6, 6.07) is 12.5. The van der Waals surface area contributed by atoms with Gasteiger partial charge in [0.15, 0.2) is 0 Å². The van der Waals surface area contributed by atoms with Crippen LogP contribution in [0.15, 0.2) is 42.5 Å². The molecule has 0 aliphatic rings. The number of nitrogens with one attached hydrogen (secondary N) is 1. The second kappa shape index (κ2) is 10.7. The van der Waals surface area contributed by atoms with Crippen molar-refractivity contribution in [2.24, 2.45) is 0 Å². The summed E-state index contributed by atoms with van der Waals surface area (Å²) in [6.07, 6.45) is 1.05. The third-order valence-corrected chi connectivity index (χ3v) is 5.85. The molecule has 0 unspecified atom stereocenters. The zero-order valence-corrected chi connectivity index (χ0v) is 18.8. The van der Waals surface area contributed by atoms with E-state index in [9.17, 15) is 9.59 Å². The summed E-state index contributed by atoms with van der Waals surface area (Å²) in [6.45, 7) is 7.96. The molecular formula is C23H28Cl2N2O2. The van der Waals surface area contributed by atoms with E-state index in [1.54, 1.807) is 24.0 Å². The molecule has 0 saturated carbocycles. The maximum atomic E-state index is 13.2. The number of benzene rings is 2. The Balaban J connectivity index is 2.28. The summed E-state index contributed by atoms with van der Waals surface area (Å²) in [4.78, 5) is 27.5. The van der Waals surface area contributed by atoms with Crippen LogP contribution in [-0.2, 0) is 22.6 Å². The maximum Gasteiger partial charge on any atom is 0.242 e. The van der Waals surface area contributed by atoms with E-state index < -0.39 is 6.04 Å². The number of aryl methyl sites for hydroxylation is 1. The molecule has 0 radical (unpaired) electrons. The largest absolute Gasteiger partial charge is 0.352 e. The smallest absolute Gasteiger partial charge is 0.242 e. The van der Waals surface area contributed by atoms with Gasteiger partial charge in [0.25, 0.3) is 0 Å². The van der Waals surface area contributed by atoms with Crippen LogP contribution in [0, 0.1) is 6.92 Å². The molecule has 0 saturated heterocycles. The molecule has 6 heteroatoms. The Kier molecular flexibility index (Phi) is 8.54. The molecule has 0 aliphatic carbocycles. The molecule has 0 fully saturated rings. The van der Waals surface area contributed by atoms with Crippen molar-refractivity contribution in [3.8, 4) is 0 Å². The Morgan fingerprint density at radius 1 is 1.07 bits per heavy atom. The number of nitrogens with zero attached hydrogens (tertiary/aromatic N) is 1. The SMILES string of the molecule is CC[C@@H](C)NC(=O)[C@@H](C)N(Cc1ccc(Cl)c(Cl)c1)C(=O)Cc1ccccc1C. The monoisotopic (exact) mass is 434 g/mol. The van der Waals surface area contributed by atoms with Gasteiger partial charge in [0.2, 0.25) is 11.8 Å². The molecule has 29 heavy (non-hydrogen) atoms. The minimum atomic E-state index is -0.616.